The Hall–Kier alpha value is -1.78. The molecule has 1 aromatic carbocycles. The molecular formula is C11H16N4O2S. The third-order valence-corrected chi connectivity index (χ3v) is 3.34. The van der Waals surface area contributed by atoms with Crippen molar-refractivity contribution in [2.75, 3.05) is 24.2 Å². The molecule has 1 unspecified atom stereocenters. The third kappa shape index (κ3) is 3.61. The molecule has 0 saturated heterocycles. The molecule has 0 saturated carbocycles. The Bertz CT molecular complexity index is 577. The summed E-state index contributed by atoms with van der Waals surface area (Å²) in [4.78, 5) is 1.73. The van der Waals surface area contributed by atoms with E-state index in [2.05, 4.69) is 6.07 Å². The highest BCUT2D eigenvalue weighted by Gasteiger charge is 2.13. The van der Waals surface area contributed by atoms with Crippen molar-refractivity contribution >= 4 is 21.4 Å². The van der Waals surface area contributed by atoms with Crippen molar-refractivity contribution in [3.05, 3.63) is 18.2 Å². The van der Waals surface area contributed by atoms with Gasteiger partial charge in [-0.2, -0.15) is 5.26 Å². The summed E-state index contributed by atoms with van der Waals surface area (Å²) in [6, 6.07) is 6.49. The molecule has 7 heteroatoms. The van der Waals surface area contributed by atoms with E-state index in [4.69, 9.17) is 16.1 Å². The second-order valence-corrected chi connectivity index (χ2v) is 5.78. The topological polar surface area (TPSA) is 113 Å². The maximum Gasteiger partial charge on any atom is 0.238 e. The lowest BCUT2D eigenvalue weighted by atomic mass is 10.2. The van der Waals surface area contributed by atoms with Crippen LogP contribution < -0.4 is 15.8 Å². The van der Waals surface area contributed by atoms with Crippen molar-refractivity contribution < 1.29 is 8.42 Å². The van der Waals surface area contributed by atoms with Crippen LogP contribution in [0.3, 0.4) is 0 Å². The van der Waals surface area contributed by atoms with Gasteiger partial charge >= 0.3 is 0 Å². The Kier molecular flexibility index (Phi) is 4.16. The van der Waals surface area contributed by atoms with Gasteiger partial charge in [-0.1, -0.05) is 0 Å². The highest BCUT2D eigenvalue weighted by Crippen LogP contribution is 2.22. The zero-order chi connectivity index (χ0) is 13.9. The smallest absolute Gasteiger partial charge is 0.238 e. The van der Waals surface area contributed by atoms with Crippen LogP contribution in [0.25, 0.3) is 0 Å². The summed E-state index contributed by atoms with van der Waals surface area (Å²) in [6.07, 6.45) is 0. The zero-order valence-electron chi connectivity index (χ0n) is 10.3. The van der Waals surface area contributed by atoms with E-state index in [1.165, 1.54) is 12.1 Å². The van der Waals surface area contributed by atoms with Gasteiger partial charge in [-0.15, -0.1) is 0 Å². The van der Waals surface area contributed by atoms with Crippen molar-refractivity contribution in [1.82, 2.24) is 0 Å². The number of nitriles is 1. The lowest BCUT2D eigenvalue weighted by molar-refractivity contribution is 0.598. The maximum atomic E-state index is 11.3. The number of nitrogen functional groups attached to an aromatic ring is 1. The van der Waals surface area contributed by atoms with Gasteiger partial charge in [0.05, 0.1) is 16.9 Å². The van der Waals surface area contributed by atoms with Crippen molar-refractivity contribution in [2.45, 2.75) is 11.8 Å². The van der Waals surface area contributed by atoms with Gasteiger partial charge in [0.1, 0.15) is 0 Å². The number of primary sulfonamides is 1. The molecule has 0 spiro atoms. The van der Waals surface area contributed by atoms with Crippen LogP contribution in [-0.2, 0) is 10.0 Å². The number of rotatable bonds is 4. The van der Waals surface area contributed by atoms with Crippen LogP contribution >= 0.6 is 0 Å². The SMILES string of the molecule is CC(C#N)CN(C)c1cc(N)cc(S(N)(=O)=O)c1. The number of anilines is 2. The van der Waals surface area contributed by atoms with E-state index in [1.54, 1.807) is 24.9 Å². The largest absolute Gasteiger partial charge is 0.399 e. The third-order valence-electron chi connectivity index (χ3n) is 2.45. The average Bonchev–Trinajstić information content (AvgIpc) is 2.26. The predicted octanol–water partition coefficient (Wildman–Crippen LogP) is 0.512. The highest BCUT2D eigenvalue weighted by atomic mass is 32.2. The Labute approximate surface area is 107 Å². The van der Waals surface area contributed by atoms with Gasteiger partial charge in [-0.05, 0) is 25.1 Å². The molecule has 1 atom stereocenters. The first-order chi connectivity index (χ1) is 8.24. The standard InChI is InChI=1S/C11H16N4O2S/c1-8(6-12)7-15(2)10-3-9(13)4-11(5-10)18(14,16)17/h3-5,8H,7,13H2,1-2H3,(H2,14,16,17). The van der Waals surface area contributed by atoms with Crippen LogP contribution in [0.15, 0.2) is 23.1 Å². The average molecular weight is 268 g/mol. The van der Waals surface area contributed by atoms with Crippen LogP contribution in [-0.4, -0.2) is 22.0 Å². The van der Waals surface area contributed by atoms with Crippen molar-refractivity contribution in [3.63, 3.8) is 0 Å². The summed E-state index contributed by atoms with van der Waals surface area (Å²) in [7, 11) is -2.03. The first kappa shape index (κ1) is 14.3. The molecule has 0 radical (unpaired) electrons. The molecule has 0 heterocycles. The van der Waals surface area contributed by atoms with Crippen LogP contribution in [0, 0.1) is 17.2 Å². The summed E-state index contributed by atoms with van der Waals surface area (Å²) in [5.74, 6) is -0.172. The molecule has 0 aliphatic rings. The van der Waals surface area contributed by atoms with Gasteiger partial charge in [0.15, 0.2) is 0 Å². The fourth-order valence-electron chi connectivity index (χ4n) is 1.55. The van der Waals surface area contributed by atoms with Crippen LogP contribution in [0.2, 0.25) is 0 Å². The zero-order valence-corrected chi connectivity index (χ0v) is 11.1. The molecule has 6 nitrogen and oxygen atoms in total. The second kappa shape index (κ2) is 5.25. The molecule has 98 valence electrons. The van der Waals surface area contributed by atoms with E-state index in [0.29, 0.717) is 17.9 Å². The maximum absolute atomic E-state index is 11.3. The van der Waals surface area contributed by atoms with Gasteiger partial charge in [-0.25, -0.2) is 13.6 Å². The number of sulfonamides is 1. The van der Waals surface area contributed by atoms with Crippen molar-refractivity contribution in [1.29, 1.82) is 5.26 Å². The number of nitrogens with two attached hydrogens (primary N) is 2. The molecule has 18 heavy (non-hydrogen) atoms. The summed E-state index contributed by atoms with van der Waals surface area (Å²) < 4.78 is 22.6. The van der Waals surface area contributed by atoms with Crippen LogP contribution in [0.4, 0.5) is 11.4 Å². The minimum atomic E-state index is -3.79. The summed E-state index contributed by atoms with van der Waals surface area (Å²) in [6.45, 7) is 2.26. The Morgan fingerprint density at radius 3 is 2.56 bits per heavy atom. The van der Waals surface area contributed by atoms with E-state index in [0.717, 1.165) is 0 Å². The normalized spacial score (nSPS) is 12.8. The molecule has 0 amide bonds. The molecule has 0 bridgehead atoms. The molecular weight excluding hydrogens is 252 g/mol. The number of hydrogen-bond acceptors (Lipinski definition) is 5. The number of hydrogen-bond donors (Lipinski definition) is 2. The lowest BCUT2D eigenvalue weighted by Crippen LogP contribution is -2.24. The molecule has 0 fully saturated rings. The fraction of sp³-hybridized carbons (Fsp3) is 0.364. The Balaban J connectivity index is 3.11. The van der Waals surface area contributed by atoms with Gasteiger partial charge < -0.3 is 10.6 Å². The van der Waals surface area contributed by atoms with Crippen LogP contribution in [0.1, 0.15) is 6.92 Å². The van der Waals surface area contributed by atoms with Crippen LogP contribution in [0.5, 0.6) is 0 Å². The summed E-state index contributed by atoms with van der Waals surface area (Å²) >= 11 is 0. The number of benzene rings is 1. The Morgan fingerprint density at radius 1 is 1.44 bits per heavy atom. The van der Waals surface area contributed by atoms with Crippen molar-refractivity contribution in [3.8, 4) is 6.07 Å². The fourth-order valence-corrected chi connectivity index (χ4v) is 2.13. The van der Waals surface area contributed by atoms with Gasteiger partial charge in [0.25, 0.3) is 0 Å². The lowest BCUT2D eigenvalue weighted by Gasteiger charge is -2.21. The molecule has 0 aliphatic heterocycles. The minimum Gasteiger partial charge on any atom is -0.399 e. The van der Waals surface area contributed by atoms with E-state index in [1.807, 2.05) is 0 Å². The first-order valence-corrected chi connectivity index (χ1v) is 6.83. The summed E-state index contributed by atoms with van der Waals surface area (Å²) in [5, 5.41) is 13.8. The van der Waals surface area contributed by atoms with E-state index >= 15 is 0 Å². The first-order valence-electron chi connectivity index (χ1n) is 5.28. The highest BCUT2D eigenvalue weighted by molar-refractivity contribution is 7.89. The van der Waals surface area contributed by atoms with Crippen molar-refractivity contribution in [2.24, 2.45) is 11.1 Å². The second-order valence-electron chi connectivity index (χ2n) is 4.22. The van der Waals surface area contributed by atoms with E-state index in [9.17, 15) is 8.42 Å². The Morgan fingerprint density at radius 2 is 2.06 bits per heavy atom. The summed E-state index contributed by atoms with van der Waals surface area (Å²) in [5.41, 5.74) is 6.57. The minimum absolute atomic E-state index is 0.0334. The molecule has 4 N–H and O–H groups in total. The van der Waals surface area contributed by atoms with Gasteiger partial charge in [-0.3, -0.25) is 0 Å². The quantitative estimate of drug-likeness (QED) is 0.772. The van der Waals surface area contributed by atoms with E-state index in [-0.39, 0.29) is 10.8 Å². The molecule has 0 aromatic heterocycles. The predicted molar refractivity (Wildman–Crippen MR) is 70.3 cm³/mol. The number of nitrogens with zero attached hydrogens (tertiary/aromatic N) is 2. The monoisotopic (exact) mass is 268 g/mol. The molecule has 1 rings (SSSR count). The van der Waals surface area contributed by atoms with E-state index < -0.39 is 10.0 Å². The van der Waals surface area contributed by atoms with Gasteiger partial charge in [0.2, 0.25) is 10.0 Å². The molecule has 0 aliphatic carbocycles. The molecule has 1 aromatic rings. The van der Waals surface area contributed by atoms with Gasteiger partial charge in [0, 0.05) is 25.0 Å².